The van der Waals surface area contributed by atoms with E-state index in [1.165, 1.54) is 12.7 Å². The molecule has 0 heterocycles. The van der Waals surface area contributed by atoms with Crippen LogP contribution in [0.15, 0.2) is 48.5 Å². The molecule has 1 aliphatic rings. The van der Waals surface area contributed by atoms with E-state index in [1.54, 1.807) is 0 Å². The number of aryl methyl sites for hydroxylation is 2. The van der Waals surface area contributed by atoms with Crippen molar-refractivity contribution < 1.29 is 9.53 Å². The largest absolute Gasteiger partial charge is 0.467 e. The first-order valence-corrected chi connectivity index (χ1v) is 7.17. The molecule has 1 unspecified atom stereocenters. The highest BCUT2D eigenvalue weighted by Gasteiger charge is 2.46. The molecule has 0 spiro atoms. The Bertz CT molecular complexity index is 666. The monoisotopic (exact) mass is 281 g/mol. The lowest BCUT2D eigenvalue weighted by Gasteiger charge is -2.30. The molecule has 2 aromatic carbocycles. The van der Waals surface area contributed by atoms with Crippen molar-refractivity contribution in [2.24, 2.45) is 0 Å². The third-order valence-corrected chi connectivity index (χ3v) is 4.16. The van der Waals surface area contributed by atoms with Crippen molar-refractivity contribution in [1.29, 1.82) is 0 Å². The summed E-state index contributed by atoms with van der Waals surface area (Å²) in [6, 6.07) is 16.1. The van der Waals surface area contributed by atoms with Crippen LogP contribution < -0.4 is 5.32 Å². The van der Waals surface area contributed by atoms with E-state index in [2.05, 4.69) is 23.5 Å². The maximum atomic E-state index is 12.5. The number of hydrogen-bond acceptors (Lipinski definition) is 3. The molecule has 1 N–H and O–H groups in total. The molecule has 2 aromatic rings. The summed E-state index contributed by atoms with van der Waals surface area (Å²) >= 11 is 0. The van der Waals surface area contributed by atoms with Gasteiger partial charge in [0.25, 0.3) is 0 Å². The minimum Gasteiger partial charge on any atom is -0.467 e. The SMILES string of the molecule is COC(=O)C1(Nc2ccccc2)CCc2ccc(C)cc21. The zero-order valence-corrected chi connectivity index (χ0v) is 12.3. The summed E-state index contributed by atoms with van der Waals surface area (Å²) in [6.07, 6.45) is 1.60. The number of hydrogen-bond donors (Lipinski definition) is 1. The number of ether oxygens (including phenoxy) is 1. The first-order chi connectivity index (χ1) is 10.2. The van der Waals surface area contributed by atoms with E-state index in [1.807, 2.05) is 37.3 Å². The number of rotatable bonds is 3. The van der Waals surface area contributed by atoms with Crippen LogP contribution in [0.25, 0.3) is 0 Å². The summed E-state index contributed by atoms with van der Waals surface area (Å²) in [5.74, 6) is -0.226. The molecular weight excluding hydrogens is 262 g/mol. The Morgan fingerprint density at radius 2 is 1.95 bits per heavy atom. The van der Waals surface area contributed by atoms with Crippen molar-refractivity contribution in [3.05, 3.63) is 65.2 Å². The number of carbonyl (C=O) groups excluding carboxylic acids is 1. The van der Waals surface area contributed by atoms with E-state index in [-0.39, 0.29) is 5.97 Å². The number of esters is 1. The van der Waals surface area contributed by atoms with Crippen LogP contribution in [0.2, 0.25) is 0 Å². The Labute approximate surface area is 124 Å². The van der Waals surface area contributed by atoms with E-state index < -0.39 is 5.54 Å². The maximum Gasteiger partial charge on any atom is 0.336 e. The molecule has 21 heavy (non-hydrogen) atoms. The van der Waals surface area contributed by atoms with Crippen molar-refractivity contribution >= 4 is 11.7 Å². The van der Waals surface area contributed by atoms with Crippen LogP contribution in [-0.4, -0.2) is 13.1 Å². The quantitative estimate of drug-likeness (QED) is 0.876. The molecule has 1 atom stereocenters. The number of fused-ring (bicyclic) bond motifs is 1. The minimum absolute atomic E-state index is 0.226. The van der Waals surface area contributed by atoms with Gasteiger partial charge in [-0.1, -0.05) is 42.0 Å². The van der Waals surface area contributed by atoms with Gasteiger partial charge in [0.1, 0.15) is 0 Å². The number of nitrogens with one attached hydrogen (secondary N) is 1. The second kappa shape index (κ2) is 5.24. The molecule has 0 fully saturated rings. The molecule has 3 nitrogen and oxygen atoms in total. The summed E-state index contributed by atoms with van der Waals surface area (Å²) in [4.78, 5) is 12.5. The van der Waals surface area contributed by atoms with Crippen LogP contribution in [0.5, 0.6) is 0 Å². The topological polar surface area (TPSA) is 38.3 Å². The molecule has 3 heteroatoms. The van der Waals surface area contributed by atoms with Gasteiger partial charge in [-0.25, -0.2) is 4.79 Å². The molecule has 0 amide bonds. The molecule has 0 saturated heterocycles. The van der Waals surface area contributed by atoms with Crippen molar-refractivity contribution in [3.63, 3.8) is 0 Å². The molecule has 0 aliphatic heterocycles. The van der Waals surface area contributed by atoms with Crippen LogP contribution in [0, 0.1) is 6.92 Å². The summed E-state index contributed by atoms with van der Waals surface area (Å²) in [5, 5.41) is 3.41. The van der Waals surface area contributed by atoms with Gasteiger partial charge in [-0.2, -0.15) is 0 Å². The third-order valence-electron chi connectivity index (χ3n) is 4.16. The van der Waals surface area contributed by atoms with Crippen molar-refractivity contribution in [2.45, 2.75) is 25.3 Å². The van der Waals surface area contributed by atoms with Crippen LogP contribution in [-0.2, 0) is 21.5 Å². The van der Waals surface area contributed by atoms with E-state index in [4.69, 9.17) is 4.74 Å². The van der Waals surface area contributed by atoms with Gasteiger partial charge in [-0.05, 0) is 43.0 Å². The summed E-state index contributed by atoms with van der Waals surface area (Å²) in [5.41, 5.74) is 3.56. The number of para-hydroxylation sites is 1. The molecule has 0 bridgehead atoms. The highest BCUT2D eigenvalue weighted by Crippen LogP contribution is 2.41. The van der Waals surface area contributed by atoms with Crippen molar-refractivity contribution in [1.82, 2.24) is 0 Å². The molecule has 0 radical (unpaired) electrons. The fraction of sp³-hybridized carbons (Fsp3) is 0.278. The number of methoxy groups -OCH3 is 1. The van der Waals surface area contributed by atoms with Gasteiger partial charge in [-0.3, -0.25) is 0 Å². The maximum absolute atomic E-state index is 12.5. The Hall–Kier alpha value is -2.29. The second-order valence-electron chi connectivity index (χ2n) is 5.55. The van der Waals surface area contributed by atoms with Gasteiger partial charge in [0.2, 0.25) is 0 Å². The Morgan fingerprint density at radius 1 is 1.19 bits per heavy atom. The number of carbonyl (C=O) groups is 1. The zero-order chi connectivity index (χ0) is 14.9. The Morgan fingerprint density at radius 3 is 2.67 bits per heavy atom. The fourth-order valence-electron chi connectivity index (χ4n) is 3.10. The first kappa shape index (κ1) is 13.7. The molecule has 1 aliphatic carbocycles. The molecule has 0 saturated carbocycles. The first-order valence-electron chi connectivity index (χ1n) is 7.17. The van der Waals surface area contributed by atoms with Gasteiger partial charge in [0.15, 0.2) is 5.54 Å². The van der Waals surface area contributed by atoms with Crippen LogP contribution in [0.3, 0.4) is 0 Å². The standard InChI is InChI=1S/C18H19NO2/c1-13-8-9-14-10-11-18(16(14)12-13,17(20)21-2)19-15-6-4-3-5-7-15/h3-9,12,19H,10-11H2,1-2H3. The number of anilines is 1. The van der Waals surface area contributed by atoms with Gasteiger partial charge in [0, 0.05) is 5.69 Å². The summed E-state index contributed by atoms with van der Waals surface area (Å²) < 4.78 is 5.11. The van der Waals surface area contributed by atoms with Gasteiger partial charge < -0.3 is 10.1 Å². The van der Waals surface area contributed by atoms with Crippen LogP contribution in [0.4, 0.5) is 5.69 Å². The molecule has 0 aromatic heterocycles. The highest BCUT2D eigenvalue weighted by molar-refractivity contribution is 5.88. The van der Waals surface area contributed by atoms with Gasteiger partial charge in [0.05, 0.1) is 7.11 Å². The highest BCUT2D eigenvalue weighted by atomic mass is 16.5. The molecule has 3 rings (SSSR count). The second-order valence-corrected chi connectivity index (χ2v) is 5.55. The molecular formula is C18H19NO2. The Balaban J connectivity index is 2.09. The average Bonchev–Trinajstić information content (AvgIpc) is 2.87. The lowest BCUT2D eigenvalue weighted by molar-refractivity contribution is -0.146. The van der Waals surface area contributed by atoms with Crippen LogP contribution in [0.1, 0.15) is 23.1 Å². The van der Waals surface area contributed by atoms with Gasteiger partial charge >= 0.3 is 5.97 Å². The van der Waals surface area contributed by atoms with E-state index in [0.29, 0.717) is 6.42 Å². The predicted octanol–water partition coefficient (Wildman–Crippen LogP) is 3.42. The average molecular weight is 281 g/mol. The normalized spacial score (nSPS) is 19.9. The Kier molecular flexibility index (Phi) is 3.42. The van der Waals surface area contributed by atoms with E-state index in [0.717, 1.165) is 23.2 Å². The third kappa shape index (κ3) is 2.29. The summed E-state index contributed by atoms with van der Waals surface area (Å²) in [7, 11) is 1.45. The zero-order valence-electron chi connectivity index (χ0n) is 12.3. The minimum atomic E-state index is -0.780. The van der Waals surface area contributed by atoms with Crippen LogP contribution >= 0.6 is 0 Å². The lowest BCUT2D eigenvalue weighted by atomic mass is 9.90. The lowest BCUT2D eigenvalue weighted by Crippen LogP contribution is -2.42. The van der Waals surface area contributed by atoms with Crippen molar-refractivity contribution in [2.75, 3.05) is 12.4 Å². The van der Waals surface area contributed by atoms with E-state index >= 15 is 0 Å². The fourth-order valence-corrected chi connectivity index (χ4v) is 3.10. The van der Waals surface area contributed by atoms with Crippen molar-refractivity contribution in [3.8, 4) is 0 Å². The van der Waals surface area contributed by atoms with Gasteiger partial charge in [-0.15, -0.1) is 0 Å². The molecule has 108 valence electrons. The number of benzene rings is 2. The van der Waals surface area contributed by atoms with E-state index in [9.17, 15) is 4.79 Å². The summed E-state index contributed by atoms with van der Waals surface area (Å²) in [6.45, 7) is 2.04. The smallest absolute Gasteiger partial charge is 0.336 e. The predicted molar refractivity (Wildman–Crippen MR) is 83.3 cm³/mol.